The molecule has 0 aliphatic heterocycles. The molecule has 0 unspecified atom stereocenters. The second-order valence-corrected chi connectivity index (χ2v) is 7.73. The Morgan fingerprint density at radius 1 is 1.00 bits per heavy atom. The molecule has 144 valence electrons. The summed E-state index contributed by atoms with van der Waals surface area (Å²) in [5.41, 5.74) is 0.953. The molecule has 6 nitrogen and oxygen atoms in total. The Kier molecular flexibility index (Phi) is 5.88. The van der Waals surface area contributed by atoms with Gasteiger partial charge >= 0.3 is 12.1 Å². The Labute approximate surface area is 159 Å². The minimum Gasteiger partial charge on any atom is -0.468 e. The van der Waals surface area contributed by atoms with E-state index in [1.165, 1.54) is 7.11 Å². The summed E-state index contributed by atoms with van der Waals surface area (Å²) in [4.78, 5) is 28.5. The van der Waals surface area contributed by atoms with Crippen LogP contribution >= 0.6 is 0 Å². The van der Waals surface area contributed by atoms with E-state index in [0.717, 1.165) is 11.1 Å². The molecule has 0 spiro atoms. The standard InChI is InChI=1S/C21H26N2O4/c1-20(2,3)27-19(25)23-17-12-8-11-16(22-17)14-9-7-10-15(13-14)21(4,5)18(24)26-6/h7-13H,1-6H3,(H,22,23,25). The molecular formula is C21H26N2O4. The van der Waals surface area contributed by atoms with E-state index in [0.29, 0.717) is 11.5 Å². The van der Waals surface area contributed by atoms with Crippen molar-refractivity contribution < 1.29 is 19.1 Å². The van der Waals surface area contributed by atoms with Crippen molar-refractivity contribution in [2.75, 3.05) is 12.4 Å². The summed E-state index contributed by atoms with van der Waals surface area (Å²) in [6, 6.07) is 12.9. The summed E-state index contributed by atoms with van der Waals surface area (Å²) < 4.78 is 10.1. The largest absolute Gasteiger partial charge is 0.468 e. The van der Waals surface area contributed by atoms with Crippen LogP contribution in [0.25, 0.3) is 11.3 Å². The fraction of sp³-hybridized carbons (Fsp3) is 0.381. The summed E-state index contributed by atoms with van der Waals surface area (Å²) >= 11 is 0. The Bertz CT molecular complexity index is 838. The van der Waals surface area contributed by atoms with Gasteiger partial charge in [0.05, 0.1) is 18.2 Å². The zero-order valence-corrected chi connectivity index (χ0v) is 16.6. The third kappa shape index (κ3) is 5.29. The Morgan fingerprint density at radius 2 is 1.67 bits per heavy atom. The minimum absolute atomic E-state index is 0.312. The first-order valence-corrected chi connectivity index (χ1v) is 8.69. The van der Waals surface area contributed by atoms with E-state index in [-0.39, 0.29) is 5.97 Å². The van der Waals surface area contributed by atoms with Gasteiger partial charge in [0.25, 0.3) is 0 Å². The molecule has 0 atom stereocenters. The summed E-state index contributed by atoms with van der Waals surface area (Å²) in [7, 11) is 1.38. The van der Waals surface area contributed by atoms with Crippen LogP contribution in [-0.2, 0) is 19.7 Å². The number of hydrogen-bond acceptors (Lipinski definition) is 5. The summed E-state index contributed by atoms with van der Waals surface area (Å²) in [5, 5.41) is 2.63. The lowest BCUT2D eigenvalue weighted by Crippen LogP contribution is -2.30. The van der Waals surface area contributed by atoms with Gasteiger partial charge in [-0.1, -0.05) is 24.3 Å². The number of carbonyl (C=O) groups is 2. The molecule has 0 saturated heterocycles. The lowest BCUT2D eigenvalue weighted by atomic mass is 9.83. The lowest BCUT2D eigenvalue weighted by molar-refractivity contribution is -0.146. The van der Waals surface area contributed by atoms with Gasteiger partial charge in [0.1, 0.15) is 11.4 Å². The molecule has 0 bridgehead atoms. The molecule has 0 aliphatic rings. The average molecular weight is 370 g/mol. The van der Waals surface area contributed by atoms with Crippen molar-refractivity contribution in [3.63, 3.8) is 0 Å². The molecule has 1 aromatic carbocycles. The number of esters is 1. The summed E-state index contributed by atoms with van der Waals surface area (Å²) in [6.07, 6.45) is -0.562. The second kappa shape index (κ2) is 7.78. The van der Waals surface area contributed by atoms with Crippen molar-refractivity contribution in [1.82, 2.24) is 4.98 Å². The number of nitrogens with zero attached hydrogens (tertiary/aromatic N) is 1. The molecule has 6 heteroatoms. The van der Waals surface area contributed by atoms with Crippen LogP contribution in [0.1, 0.15) is 40.2 Å². The summed E-state index contributed by atoms with van der Waals surface area (Å²) in [6.45, 7) is 9.01. The highest BCUT2D eigenvalue weighted by atomic mass is 16.6. The lowest BCUT2D eigenvalue weighted by Gasteiger charge is -2.22. The number of ether oxygens (including phenoxy) is 2. The van der Waals surface area contributed by atoms with Crippen molar-refractivity contribution in [1.29, 1.82) is 0 Å². The average Bonchev–Trinajstić information content (AvgIpc) is 2.59. The van der Waals surface area contributed by atoms with Gasteiger partial charge in [-0.15, -0.1) is 0 Å². The first-order valence-electron chi connectivity index (χ1n) is 8.69. The minimum atomic E-state index is -0.781. The number of methoxy groups -OCH3 is 1. The fourth-order valence-electron chi connectivity index (χ4n) is 2.51. The summed E-state index contributed by atoms with van der Waals surface area (Å²) in [5.74, 6) is 0.0762. The van der Waals surface area contributed by atoms with Gasteiger partial charge in [0.15, 0.2) is 0 Å². The monoisotopic (exact) mass is 370 g/mol. The number of pyridine rings is 1. The zero-order valence-electron chi connectivity index (χ0n) is 16.6. The van der Waals surface area contributed by atoms with Crippen molar-refractivity contribution in [3.05, 3.63) is 48.0 Å². The van der Waals surface area contributed by atoms with E-state index in [2.05, 4.69) is 10.3 Å². The molecule has 27 heavy (non-hydrogen) atoms. The van der Waals surface area contributed by atoms with Gasteiger partial charge in [0.2, 0.25) is 0 Å². The van der Waals surface area contributed by atoms with Crippen molar-refractivity contribution >= 4 is 17.9 Å². The molecule has 0 saturated carbocycles. The Morgan fingerprint density at radius 3 is 2.30 bits per heavy atom. The van der Waals surface area contributed by atoms with E-state index < -0.39 is 17.1 Å². The number of aromatic nitrogens is 1. The van der Waals surface area contributed by atoms with E-state index in [9.17, 15) is 9.59 Å². The number of anilines is 1. The van der Waals surface area contributed by atoms with Gasteiger partial charge in [-0.25, -0.2) is 9.78 Å². The van der Waals surface area contributed by atoms with Crippen LogP contribution in [0, 0.1) is 0 Å². The van der Waals surface area contributed by atoms with Gasteiger partial charge in [-0.05, 0) is 58.4 Å². The molecule has 0 radical (unpaired) electrons. The number of benzene rings is 1. The number of amides is 1. The highest BCUT2D eigenvalue weighted by Crippen LogP contribution is 2.29. The van der Waals surface area contributed by atoms with Crippen LogP contribution in [0.3, 0.4) is 0 Å². The zero-order chi connectivity index (χ0) is 20.2. The van der Waals surface area contributed by atoms with Crippen LogP contribution in [0.2, 0.25) is 0 Å². The topological polar surface area (TPSA) is 77.5 Å². The predicted molar refractivity (Wildman–Crippen MR) is 105 cm³/mol. The van der Waals surface area contributed by atoms with Crippen LogP contribution in [0.4, 0.5) is 10.6 Å². The van der Waals surface area contributed by atoms with Crippen LogP contribution in [0.15, 0.2) is 42.5 Å². The maximum atomic E-state index is 12.1. The van der Waals surface area contributed by atoms with Crippen molar-refractivity contribution in [2.24, 2.45) is 0 Å². The smallest absolute Gasteiger partial charge is 0.413 e. The molecule has 0 fully saturated rings. The quantitative estimate of drug-likeness (QED) is 0.799. The SMILES string of the molecule is COC(=O)C(C)(C)c1cccc(-c2cccc(NC(=O)OC(C)(C)C)n2)c1. The van der Waals surface area contributed by atoms with Crippen LogP contribution < -0.4 is 5.32 Å². The van der Waals surface area contributed by atoms with E-state index >= 15 is 0 Å². The third-order valence-electron chi connectivity index (χ3n) is 3.95. The molecule has 1 aromatic heterocycles. The molecule has 2 aromatic rings. The van der Waals surface area contributed by atoms with Gasteiger partial charge in [0, 0.05) is 5.56 Å². The maximum Gasteiger partial charge on any atom is 0.413 e. The molecule has 1 heterocycles. The molecule has 0 aliphatic carbocycles. The molecular weight excluding hydrogens is 344 g/mol. The highest BCUT2D eigenvalue weighted by molar-refractivity contribution is 5.84. The molecule has 1 amide bonds. The third-order valence-corrected chi connectivity index (χ3v) is 3.95. The van der Waals surface area contributed by atoms with Crippen LogP contribution in [-0.4, -0.2) is 29.8 Å². The number of hydrogen-bond donors (Lipinski definition) is 1. The van der Waals surface area contributed by atoms with Gasteiger partial charge in [-0.3, -0.25) is 10.1 Å². The Balaban J connectivity index is 2.28. The first kappa shape index (κ1) is 20.4. The normalized spacial score (nSPS) is 11.6. The number of rotatable bonds is 4. The first-order chi connectivity index (χ1) is 12.5. The second-order valence-electron chi connectivity index (χ2n) is 7.73. The molecule has 1 N–H and O–H groups in total. The number of carbonyl (C=O) groups excluding carboxylic acids is 2. The van der Waals surface area contributed by atoms with Crippen LogP contribution in [0.5, 0.6) is 0 Å². The van der Waals surface area contributed by atoms with E-state index in [4.69, 9.17) is 9.47 Å². The van der Waals surface area contributed by atoms with Crippen molar-refractivity contribution in [2.45, 2.75) is 45.6 Å². The van der Waals surface area contributed by atoms with Gasteiger partial charge < -0.3 is 9.47 Å². The maximum absolute atomic E-state index is 12.1. The van der Waals surface area contributed by atoms with E-state index in [1.54, 1.807) is 32.9 Å². The molecule has 2 rings (SSSR count). The predicted octanol–water partition coefficient (Wildman–Crippen LogP) is 4.55. The van der Waals surface area contributed by atoms with Crippen molar-refractivity contribution in [3.8, 4) is 11.3 Å². The fourth-order valence-corrected chi connectivity index (χ4v) is 2.51. The number of nitrogens with one attached hydrogen (secondary N) is 1. The van der Waals surface area contributed by atoms with Gasteiger partial charge in [-0.2, -0.15) is 0 Å². The van der Waals surface area contributed by atoms with E-state index in [1.807, 2.05) is 44.2 Å². The Hall–Kier alpha value is -2.89. The highest BCUT2D eigenvalue weighted by Gasteiger charge is 2.31.